The summed E-state index contributed by atoms with van der Waals surface area (Å²) in [5.41, 5.74) is 3.52. The molecule has 29 heavy (non-hydrogen) atoms. The largest absolute Gasteiger partial charge is 0.377 e. The summed E-state index contributed by atoms with van der Waals surface area (Å²) in [5.74, 6) is 2.88. The fourth-order valence-corrected chi connectivity index (χ4v) is 3.50. The molecular weight excluding hydrogens is 360 g/mol. The lowest BCUT2D eigenvalue weighted by atomic mass is 10.0. The van der Waals surface area contributed by atoms with Crippen molar-refractivity contribution in [2.45, 2.75) is 25.9 Å². The molecule has 2 aromatic carbocycles. The molecule has 0 aliphatic rings. The Balaban J connectivity index is 1.40. The summed E-state index contributed by atoms with van der Waals surface area (Å²) in [6.45, 7) is 2.53. The van der Waals surface area contributed by atoms with Crippen molar-refractivity contribution in [3.63, 3.8) is 0 Å². The molecule has 4 heteroatoms. The van der Waals surface area contributed by atoms with Crippen molar-refractivity contribution in [2.75, 3.05) is 19.7 Å². The number of rotatable bonds is 12. The number of aromatic amines is 1. The van der Waals surface area contributed by atoms with Crippen molar-refractivity contribution in [1.82, 2.24) is 9.88 Å². The number of hydrogen-bond donors (Lipinski definition) is 1. The third kappa shape index (κ3) is 6.23. The zero-order valence-corrected chi connectivity index (χ0v) is 16.7. The summed E-state index contributed by atoms with van der Waals surface area (Å²) in [5, 5.41) is 1.21. The Morgan fingerprint density at radius 3 is 2.72 bits per heavy atom. The number of H-pyrrole nitrogens is 1. The normalized spacial score (nSPS) is 11.8. The number of ether oxygens (including phenoxy) is 1. The summed E-state index contributed by atoms with van der Waals surface area (Å²) in [6.07, 6.45) is 11.2. The molecule has 1 unspecified atom stereocenters. The lowest BCUT2D eigenvalue weighted by Gasteiger charge is -2.21. The smallest absolute Gasteiger partial charge is 0.209 e. The Hall–Kier alpha value is -3.03. The molecule has 0 spiro atoms. The van der Waals surface area contributed by atoms with Crippen molar-refractivity contribution < 1.29 is 9.53 Å². The number of nitrogens with one attached hydrogen (secondary N) is 1. The van der Waals surface area contributed by atoms with E-state index in [0.717, 1.165) is 31.2 Å². The second-order valence-corrected chi connectivity index (χ2v) is 7.25. The van der Waals surface area contributed by atoms with Crippen LogP contribution in [0.2, 0.25) is 0 Å². The van der Waals surface area contributed by atoms with Crippen LogP contribution in [0.15, 0.2) is 60.8 Å². The fourth-order valence-electron chi connectivity index (χ4n) is 3.50. The van der Waals surface area contributed by atoms with Crippen LogP contribution in [0.4, 0.5) is 0 Å². The summed E-state index contributed by atoms with van der Waals surface area (Å²) in [6, 6.07) is 18.3. The predicted molar refractivity (Wildman–Crippen MR) is 117 cm³/mol. The van der Waals surface area contributed by atoms with E-state index in [2.05, 4.69) is 35.2 Å². The molecule has 0 bridgehead atoms. The van der Waals surface area contributed by atoms with Gasteiger partial charge in [-0.15, -0.1) is 12.3 Å². The minimum Gasteiger partial charge on any atom is -0.377 e. The van der Waals surface area contributed by atoms with Crippen LogP contribution in [-0.4, -0.2) is 36.0 Å². The van der Waals surface area contributed by atoms with Crippen LogP contribution in [0.25, 0.3) is 10.9 Å². The standard InChI is InChI=1S/C25H28N2O2/c1-2-21(11-8-16-29-19-22-9-4-3-5-10-22)18-27(20-28)15-14-23-17-26-25-13-7-6-12-24(23)25/h1,3-7,9-10,12-13,17,20-21,26H,8,11,14-16,18-19H2. The van der Waals surface area contributed by atoms with Gasteiger partial charge in [-0.05, 0) is 36.5 Å². The third-order valence-corrected chi connectivity index (χ3v) is 5.14. The highest BCUT2D eigenvalue weighted by Crippen LogP contribution is 2.18. The number of nitrogens with zero attached hydrogens (tertiary/aromatic N) is 1. The molecule has 1 N–H and O–H groups in total. The van der Waals surface area contributed by atoms with Crippen LogP contribution in [0.3, 0.4) is 0 Å². The van der Waals surface area contributed by atoms with E-state index in [1.165, 1.54) is 16.5 Å². The van der Waals surface area contributed by atoms with E-state index in [1.54, 1.807) is 4.90 Å². The zero-order chi connectivity index (χ0) is 20.3. The summed E-state index contributed by atoms with van der Waals surface area (Å²) in [7, 11) is 0. The first-order valence-corrected chi connectivity index (χ1v) is 10.1. The van der Waals surface area contributed by atoms with Gasteiger partial charge in [0.25, 0.3) is 0 Å². The number of hydrogen-bond acceptors (Lipinski definition) is 2. The quantitative estimate of drug-likeness (QED) is 0.284. The number of carbonyl (C=O) groups is 1. The van der Waals surface area contributed by atoms with Crippen molar-refractivity contribution in [2.24, 2.45) is 5.92 Å². The van der Waals surface area contributed by atoms with Gasteiger partial charge >= 0.3 is 0 Å². The second kappa shape index (κ2) is 11.1. The fraction of sp³-hybridized carbons (Fsp3) is 0.320. The number of aromatic nitrogens is 1. The number of terminal acetylenes is 1. The summed E-state index contributed by atoms with van der Waals surface area (Å²) in [4.78, 5) is 16.6. The first-order chi connectivity index (χ1) is 14.3. The van der Waals surface area contributed by atoms with Gasteiger partial charge in [-0.25, -0.2) is 0 Å². The van der Waals surface area contributed by atoms with E-state index in [9.17, 15) is 4.79 Å². The average molecular weight is 389 g/mol. The van der Waals surface area contributed by atoms with Gasteiger partial charge in [-0.2, -0.15) is 0 Å². The van der Waals surface area contributed by atoms with Crippen molar-refractivity contribution in [3.8, 4) is 12.3 Å². The van der Waals surface area contributed by atoms with E-state index < -0.39 is 0 Å². The Kier molecular flexibility index (Phi) is 7.91. The molecule has 0 saturated heterocycles. The minimum absolute atomic E-state index is 0.0449. The molecule has 0 radical (unpaired) electrons. The third-order valence-electron chi connectivity index (χ3n) is 5.14. The molecule has 4 nitrogen and oxygen atoms in total. The highest BCUT2D eigenvalue weighted by Gasteiger charge is 2.12. The van der Waals surface area contributed by atoms with Gasteiger partial charge in [0.2, 0.25) is 6.41 Å². The maximum absolute atomic E-state index is 11.5. The molecule has 0 fully saturated rings. The molecular formula is C25H28N2O2. The van der Waals surface area contributed by atoms with Gasteiger partial charge in [0.1, 0.15) is 0 Å². The Morgan fingerprint density at radius 1 is 1.14 bits per heavy atom. The number of benzene rings is 2. The summed E-state index contributed by atoms with van der Waals surface area (Å²) >= 11 is 0. The molecule has 3 aromatic rings. The molecule has 0 aliphatic carbocycles. The first kappa shape index (κ1) is 20.7. The number of carbonyl (C=O) groups excluding carboxylic acids is 1. The van der Waals surface area contributed by atoms with Gasteiger partial charge in [0.15, 0.2) is 0 Å². The second-order valence-electron chi connectivity index (χ2n) is 7.25. The van der Waals surface area contributed by atoms with Crippen LogP contribution in [0.1, 0.15) is 24.0 Å². The van der Waals surface area contributed by atoms with Crippen molar-refractivity contribution >= 4 is 17.3 Å². The van der Waals surface area contributed by atoms with Crippen LogP contribution >= 0.6 is 0 Å². The number of para-hydroxylation sites is 1. The van der Waals surface area contributed by atoms with Crippen LogP contribution in [0, 0.1) is 18.3 Å². The summed E-state index contributed by atoms with van der Waals surface area (Å²) < 4.78 is 5.73. The van der Waals surface area contributed by atoms with Gasteiger partial charge in [-0.3, -0.25) is 4.79 Å². The number of amides is 1. The Morgan fingerprint density at radius 2 is 1.93 bits per heavy atom. The Labute approximate surface area is 172 Å². The predicted octanol–water partition coefficient (Wildman–Crippen LogP) is 4.42. The van der Waals surface area contributed by atoms with E-state index in [0.29, 0.717) is 26.3 Å². The van der Waals surface area contributed by atoms with Crippen LogP contribution in [0.5, 0.6) is 0 Å². The zero-order valence-electron chi connectivity index (χ0n) is 16.7. The van der Waals surface area contributed by atoms with Crippen LogP contribution < -0.4 is 0 Å². The monoisotopic (exact) mass is 388 g/mol. The minimum atomic E-state index is 0.0449. The molecule has 1 aromatic heterocycles. The van der Waals surface area contributed by atoms with Gasteiger partial charge in [0.05, 0.1) is 6.61 Å². The first-order valence-electron chi connectivity index (χ1n) is 10.1. The van der Waals surface area contributed by atoms with Gasteiger partial charge in [-0.1, -0.05) is 48.5 Å². The molecule has 1 atom stereocenters. The highest BCUT2D eigenvalue weighted by atomic mass is 16.5. The van der Waals surface area contributed by atoms with Gasteiger partial charge in [0, 0.05) is 42.7 Å². The molecule has 3 rings (SSSR count). The Bertz CT molecular complexity index is 927. The van der Waals surface area contributed by atoms with Crippen molar-refractivity contribution in [1.29, 1.82) is 0 Å². The van der Waals surface area contributed by atoms with Crippen molar-refractivity contribution in [3.05, 3.63) is 71.9 Å². The molecule has 1 heterocycles. The molecule has 150 valence electrons. The van der Waals surface area contributed by atoms with E-state index >= 15 is 0 Å². The number of fused-ring (bicyclic) bond motifs is 1. The topological polar surface area (TPSA) is 45.3 Å². The van der Waals surface area contributed by atoms with Crippen LogP contribution in [-0.2, 0) is 22.6 Å². The average Bonchev–Trinajstić information content (AvgIpc) is 3.19. The lowest BCUT2D eigenvalue weighted by molar-refractivity contribution is -0.118. The highest BCUT2D eigenvalue weighted by molar-refractivity contribution is 5.83. The van der Waals surface area contributed by atoms with E-state index in [1.807, 2.05) is 36.5 Å². The maximum atomic E-state index is 11.5. The lowest BCUT2D eigenvalue weighted by Crippen LogP contribution is -2.30. The van der Waals surface area contributed by atoms with E-state index in [4.69, 9.17) is 11.2 Å². The van der Waals surface area contributed by atoms with E-state index in [-0.39, 0.29) is 5.92 Å². The molecule has 0 saturated carbocycles. The SMILES string of the molecule is C#CC(CCCOCc1ccccc1)CN(C=O)CCc1c[nH]c2ccccc12. The molecule has 0 aliphatic heterocycles. The maximum Gasteiger partial charge on any atom is 0.209 e. The van der Waals surface area contributed by atoms with Gasteiger partial charge < -0.3 is 14.6 Å². The molecule has 1 amide bonds.